The molecule has 0 fully saturated rings. The van der Waals surface area contributed by atoms with Crippen LogP contribution in [0.4, 0.5) is 4.79 Å². The molecule has 0 bridgehead atoms. The van der Waals surface area contributed by atoms with Gasteiger partial charge in [-0.1, -0.05) is 60.7 Å². The molecule has 0 saturated heterocycles. The highest BCUT2D eigenvalue weighted by molar-refractivity contribution is 7.92. The Morgan fingerprint density at radius 1 is 0.956 bits per heavy atom. The average Bonchev–Trinajstić information content (AvgIpc) is 3.03. The summed E-state index contributed by atoms with van der Waals surface area (Å²) in [5, 5.41) is 2.75. The number of aromatic nitrogens is 1. The van der Waals surface area contributed by atoms with Gasteiger partial charge in [-0.05, 0) is 54.3 Å². The van der Waals surface area contributed by atoms with Gasteiger partial charge in [-0.3, -0.25) is 9.59 Å². The topological polar surface area (TPSA) is 171 Å². The van der Waals surface area contributed by atoms with E-state index in [9.17, 15) is 22.8 Å². The second kappa shape index (κ2) is 14.4. The van der Waals surface area contributed by atoms with E-state index in [1.165, 1.54) is 19.4 Å². The number of benzene rings is 3. The summed E-state index contributed by atoms with van der Waals surface area (Å²) in [6.45, 7) is 3.68. The number of sulfonamides is 1. The van der Waals surface area contributed by atoms with Crippen LogP contribution >= 0.6 is 0 Å². The molecule has 0 spiro atoms. The number of aliphatic imine (C=N–C) groups is 1. The Hall–Kier alpha value is -5.43. The summed E-state index contributed by atoms with van der Waals surface area (Å²) in [6.07, 6.45) is 0.200. The summed E-state index contributed by atoms with van der Waals surface area (Å²) in [7, 11) is -2.83. The van der Waals surface area contributed by atoms with Crippen LogP contribution in [0.1, 0.15) is 33.4 Å². The number of carbonyl (C=O) groups excluding carboxylic acids is 2. The number of nitrogens with two attached hydrogens (primary N) is 1. The lowest BCUT2D eigenvalue weighted by Gasteiger charge is -2.15. The number of hydrogen-bond donors (Lipinski definition) is 3. The minimum absolute atomic E-state index is 0.0177. The second-order valence-corrected chi connectivity index (χ2v) is 11.7. The Bertz CT molecular complexity index is 1890. The van der Waals surface area contributed by atoms with Gasteiger partial charge in [-0.25, -0.2) is 14.3 Å². The van der Waals surface area contributed by atoms with Crippen molar-refractivity contribution in [2.45, 2.75) is 38.3 Å². The molecule has 45 heavy (non-hydrogen) atoms. The first kappa shape index (κ1) is 32.5. The lowest BCUT2D eigenvalue weighted by atomic mass is 10.1. The number of amidine groups is 1. The van der Waals surface area contributed by atoms with E-state index in [1.54, 1.807) is 56.3 Å². The Labute approximate surface area is 260 Å². The van der Waals surface area contributed by atoms with Crippen LogP contribution in [0.2, 0.25) is 0 Å². The Morgan fingerprint density at radius 3 is 2.36 bits per heavy atom. The number of methoxy groups -OCH3 is 1. The normalized spacial score (nSPS) is 11.5. The largest absolute Gasteiger partial charge is 0.495 e. The van der Waals surface area contributed by atoms with Gasteiger partial charge in [-0.2, -0.15) is 13.4 Å². The molecule has 4 rings (SSSR count). The lowest BCUT2D eigenvalue weighted by Crippen LogP contribution is -2.36. The minimum Gasteiger partial charge on any atom is -0.495 e. The zero-order valence-corrected chi connectivity index (χ0v) is 25.8. The summed E-state index contributed by atoms with van der Waals surface area (Å²) >= 11 is 0. The highest BCUT2D eigenvalue weighted by atomic mass is 32.2. The van der Waals surface area contributed by atoms with E-state index < -0.39 is 27.6 Å². The summed E-state index contributed by atoms with van der Waals surface area (Å²) < 4.78 is 37.3. The summed E-state index contributed by atoms with van der Waals surface area (Å²) in [6, 6.07) is 22.0. The fourth-order valence-electron chi connectivity index (χ4n) is 4.26. The van der Waals surface area contributed by atoms with Gasteiger partial charge in [0.15, 0.2) is 0 Å². The van der Waals surface area contributed by atoms with Gasteiger partial charge in [0.25, 0.3) is 15.6 Å². The number of aryl methyl sites for hydroxylation is 2. The number of hydrogen-bond acceptors (Lipinski definition) is 7. The first-order chi connectivity index (χ1) is 21.5. The molecular formula is C32H33N5O7S. The number of nitrogens with one attached hydrogen (secondary N) is 2. The number of ether oxygens (including phenoxy) is 2. The predicted molar refractivity (Wildman–Crippen MR) is 169 cm³/mol. The first-order valence-electron chi connectivity index (χ1n) is 13.8. The molecule has 4 aromatic rings. The standard InChI is InChI=1S/C32H33N5O7S/c1-21-9-14-28(27(17-21)43-3)45(41,42)36-37-16-15-22(2)26(31(37)39)18-29(38)34-19-23-10-12-25(13-11-23)30(33)35-32(40)44-20-24-7-5-4-6-8-24/h4-17,36H,18-20H2,1-3H3,(H,34,38)(H2,33,35,40). The minimum atomic E-state index is -4.19. The number of nitrogens with zero attached hydrogens (tertiary/aromatic N) is 2. The van der Waals surface area contributed by atoms with Crippen molar-refractivity contribution in [1.82, 2.24) is 9.99 Å². The molecule has 0 saturated carbocycles. The maximum absolute atomic E-state index is 13.2. The van der Waals surface area contributed by atoms with E-state index in [0.717, 1.165) is 21.4 Å². The molecule has 12 nitrogen and oxygen atoms in total. The molecule has 0 aliphatic carbocycles. The van der Waals surface area contributed by atoms with Crippen LogP contribution in [0.25, 0.3) is 0 Å². The average molecular weight is 632 g/mol. The quantitative estimate of drug-likeness (QED) is 0.167. The maximum atomic E-state index is 13.2. The van der Waals surface area contributed by atoms with Gasteiger partial charge >= 0.3 is 6.09 Å². The molecule has 3 aromatic carbocycles. The smallest absolute Gasteiger partial charge is 0.435 e. The zero-order chi connectivity index (χ0) is 32.6. The highest BCUT2D eigenvalue weighted by Crippen LogP contribution is 2.25. The van der Waals surface area contributed by atoms with Crippen LogP contribution in [0.15, 0.2) is 99.7 Å². The SMILES string of the molecule is COc1cc(C)ccc1S(=O)(=O)Nn1ccc(C)c(CC(=O)NCc2ccc(/C(N)=N/C(=O)OCc3ccccc3)cc2)c1=O. The van der Waals surface area contributed by atoms with Crippen LogP contribution in [-0.4, -0.2) is 38.0 Å². The maximum Gasteiger partial charge on any atom is 0.435 e. The number of pyridine rings is 1. The third-order valence-electron chi connectivity index (χ3n) is 6.75. The molecule has 234 valence electrons. The van der Waals surface area contributed by atoms with Crippen molar-refractivity contribution < 1.29 is 27.5 Å². The third-order valence-corrected chi connectivity index (χ3v) is 8.10. The van der Waals surface area contributed by atoms with Crippen molar-refractivity contribution in [3.63, 3.8) is 0 Å². The van der Waals surface area contributed by atoms with Crippen molar-refractivity contribution in [3.8, 4) is 5.75 Å². The summed E-state index contributed by atoms with van der Waals surface area (Å²) in [4.78, 5) is 43.9. The van der Waals surface area contributed by atoms with Crippen LogP contribution in [0.3, 0.4) is 0 Å². The highest BCUT2D eigenvalue weighted by Gasteiger charge is 2.21. The van der Waals surface area contributed by atoms with E-state index in [0.29, 0.717) is 11.1 Å². The molecule has 4 N–H and O–H groups in total. The Morgan fingerprint density at radius 2 is 1.67 bits per heavy atom. The Balaban J connectivity index is 1.36. The van der Waals surface area contributed by atoms with Crippen molar-refractivity contribution in [2.24, 2.45) is 10.7 Å². The molecule has 2 amide bonds. The molecule has 0 radical (unpaired) electrons. The monoisotopic (exact) mass is 631 g/mol. The van der Waals surface area contributed by atoms with Crippen molar-refractivity contribution in [1.29, 1.82) is 0 Å². The molecule has 0 aliphatic rings. The summed E-state index contributed by atoms with van der Waals surface area (Å²) in [5.41, 5.74) is 8.78. The van der Waals surface area contributed by atoms with Gasteiger partial charge in [-0.15, -0.1) is 0 Å². The van der Waals surface area contributed by atoms with Gasteiger partial charge in [0.2, 0.25) is 5.91 Å². The zero-order valence-electron chi connectivity index (χ0n) is 24.9. The number of rotatable bonds is 11. The predicted octanol–water partition coefficient (Wildman–Crippen LogP) is 3.31. The third kappa shape index (κ3) is 8.57. The van der Waals surface area contributed by atoms with E-state index in [2.05, 4.69) is 15.1 Å². The van der Waals surface area contributed by atoms with Crippen molar-refractivity contribution in [3.05, 3.63) is 129 Å². The molecule has 1 heterocycles. The molecule has 13 heteroatoms. The van der Waals surface area contributed by atoms with Gasteiger partial charge < -0.3 is 20.5 Å². The van der Waals surface area contributed by atoms with E-state index in [4.69, 9.17) is 15.2 Å². The summed E-state index contributed by atoms with van der Waals surface area (Å²) in [5.74, 6) is -0.329. The van der Waals surface area contributed by atoms with Crippen LogP contribution in [-0.2, 0) is 39.1 Å². The van der Waals surface area contributed by atoms with Crippen LogP contribution in [0.5, 0.6) is 5.75 Å². The molecular weight excluding hydrogens is 598 g/mol. The fraction of sp³-hybridized carbons (Fsp3) is 0.188. The van der Waals surface area contributed by atoms with E-state index in [1.807, 2.05) is 30.3 Å². The van der Waals surface area contributed by atoms with Crippen LogP contribution < -0.4 is 26.2 Å². The van der Waals surface area contributed by atoms with Crippen LogP contribution in [0, 0.1) is 13.8 Å². The first-order valence-corrected chi connectivity index (χ1v) is 15.2. The Kier molecular flexibility index (Phi) is 10.4. The van der Waals surface area contributed by atoms with Gasteiger partial charge in [0.1, 0.15) is 23.1 Å². The van der Waals surface area contributed by atoms with Crippen molar-refractivity contribution >= 4 is 27.9 Å². The fourth-order valence-corrected chi connectivity index (χ4v) is 5.42. The lowest BCUT2D eigenvalue weighted by molar-refractivity contribution is -0.120. The van der Waals surface area contributed by atoms with Gasteiger partial charge in [0, 0.05) is 23.9 Å². The van der Waals surface area contributed by atoms with Gasteiger partial charge in [0.05, 0.1) is 13.5 Å². The molecule has 0 unspecified atom stereocenters. The van der Waals surface area contributed by atoms with Crippen molar-refractivity contribution in [2.75, 3.05) is 11.9 Å². The second-order valence-electron chi connectivity index (χ2n) is 10.1. The van der Waals surface area contributed by atoms with E-state index >= 15 is 0 Å². The number of amides is 2. The number of carbonyl (C=O) groups is 2. The molecule has 0 aliphatic heterocycles. The molecule has 1 aromatic heterocycles. The van der Waals surface area contributed by atoms with E-state index in [-0.39, 0.29) is 41.6 Å². The molecule has 0 atom stereocenters.